The number of nitrogens with one attached hydrogen (secondary N) is 1. The van der Waals surface area contributed by atoms with Crippen molar-refractivity contribution in [1.29, 1.82) is 0 Å². The SMILES string of the molecule is O=C(c1cccc(C2(O)COC2)c1)N1CCC(Nc2cccc(C(F)(F)F)c2)CC1. The van der Waals surface area contributed by atoms with Crippen LogP contribution in [0, 0.1) is 0 Å². The monoisotopic (exact) mass is 420 g/mol. The van der Waals surface area contributed by atoms with E-state index in [4.69, 9.17) is 4.74 Å². The van der Waals surface area contributed by atoms with Crippen LogP contribution < -0.4 is 5.32 Å². The normalized spacial score (nSPS) is 19.3. The van der Waals surface area contributed by atoms with E-state index < -0.39 is 17.3 Å². The van der Waals surface area contributed by atoms with Gasteiger partial charge in [-0.15, -0.1) is 0 Å². The number of rotatable bonds is 4. The van der Waals surface area contributed by atoms with Crippen molar-refractivity contribution in [2.45, 2.75) is 30.7 Å². The first kappa shape index (κ1) is 20.7. The maximum atomic E-state index is 12.9. The zero-order chi connectivity index (χ0) is 21.4. The number of alkyl halides is 3. The molecule has 2 aromatic rings. The Morgan fingerprint density at radius 2 is 1.80 bits per heavy atom. The topological polar surface area (TPSA) is 61.8 Å². The van der Waals surface area contributed by atoms with E-state index in [9.17, 15) is 23.1 Å². The lowest BCUT2D eigenvalue weighted by Crippen LogP contribution is -2.46. The van der Waals surface area contributed by atoms with Crippen LogP contribution in [0.2, 0.25) is 0 Å². The minimum absolute atomic E-state index is 0.00305. The van der Waals surface area contributed by atoms with Crippen LogP contribution in [-0.2, 0) is 16.5 Å². The van der Waals surface area contributed by atoms with E-state index in [0.29, 0.717) is 42.7 Å². The molecule has 0 unspecified atom stereocenters. The van der Waals surface area contributed by atoms with E-state index in [1.807, 2.05) is 0 Å². The molecule has 2 aliphatic heterocycles. The number of amides is 1. The number of piperidine rings is 1. The van der Waals surface area contributed by atoms with Crippen molar-refractivity contribution in [2.24, 2.45) is 0 Å². The second-order valence-corrected chi connectivity index (χ2v) is 7.89. The maximum absolute atomic E-state index is 12.9. The molecule has 0 aromatic heterocycles. The molecule has 2 N–H and O–H groups in total. The number of carbonyl (C=O) groups is 1. The standard InChI is InChI=1S/C22H23F3N2O3/c23-22(24,25)17-5-2-6-19(12-17)26-18-7-9-27(10-8-18)20(28)15-3-1-4-16(11-15)21(29)13-30-14-21/h1-6,11-12,18,26,29H,7-10,13-14H2. The van der Waals surface area contributed by atoms with Gasteiger partial charge in [0.05, 0.1) is 18.8 Å². The van der Waals surface area contributed by atoms with Crippen LogP contribution in [0.25, 0.3) is 0 Å². The zero-order valence-corrected chi connectivity index (χ0v) is 16.3. The van der Waals surface area contributed by atoms with Gasteiger partial charge >= 0.3 is 6.18 Å². The Kier molecular flexibility index (Phi) is 5.46. The van der Waals surface area contributed by atoms with Crippen LogP contribution in [0.4, 0.5) is 18.9 Å². The molecule has 30 heavy (non-hydrogen) atoms. The molecule has 0 radical (unpaired) electrons. The molecule has 4 rings (SSSR count). The maximum Gasteiger partial charge on any atom is 0.416 e. The fraction of sp³-hybridized carbons (Fsp3) is 0.409. The second-order valence-electron chi connectivity index (χ2n) is 7.89. The molecule has 8 heteroatoms. The zero-order valence-electron chi connectivity index (χ0n) is 16.3. The van der Waals surface area contributed by atoms with Gasteiger partial charge in [-0.2, -0.15) is 13.2 Å². The van der Waals surface area contributed by atoms with Gasteiger partial charge < -0.3 is 20.1 Å². The molecule has 160 valence electrons. The lowest BCUT2D eigenvalue weighted by Gasteiger charge is -2.37. The number of likely N-dealkylation sites (tertiary alicyclic amines) is 1. The summed E-state index contributed by atoms with van der Waals surface area (Å²) in [6.45, 7) is 1.45. The largest absolute Gasteiger partial charge is 0.416 e. The summed E-state index contributed by atoms with van der Waals surface area (Å²) in [6, 6.07) is 12.1. The van der Waals surface area contributed by atoms with Crippen molar-refractivity contribution in [3.8, 4) is 0 Å². The van der Waals surface area contributed by atoms with E-state index in [1.165, 1.54) is 6.07 Å². The van der Waals surface area contributed by atoms with Gasteiger partial charge in [-0.25, -0.2) is 0 Å². The Labute approximate surface area is 172 Å². The van der Waals surface area contributed by atoms with E-state index in [2.05, 4.69) is 5.32 Å². The lowest BCUT2D eigenvalue weighted by atomic mass is 9.90. The van der Waals surface area contributed by atoms with Crippen LogP contribution in [0.5, 0.6) is 0 Å². The molecule has 0 aliphatic carbocycles. The van der Waals surface area contributed by atoms with Gasteiger partial charge in [-0.1, -0.05) is 18.2 Å². The number of nitrogens with zero attached hydrogens (tertiary/aromatic N) is 1. The second kappa shape index (κ2) is 7.92. The summed E-state index contributed by atoms with van der Waals surface area (Å²) in [5.74, 6) is -0.113. The van der Waals surface area contributed by atoms with Crippen LogP contribution in [0.1, 0.15) is 34.3 Å². The Hall–Kier alpha value is -2.58. The third-order valence-electron chi connectivity index (χ3n) is 5.67. The van der Waals surface area contributed by atoms with Crippen LogP contribution in [0.15, 0.2) is 48.5 Å². The van der Waals surface area contributed by atoms with Gasteiger partial charge in [-0.05, 0) is 48.7 Å². The number of aliphatic hydroxyl groups is 1. The van der Waals surface area contributed by atoms with Gasteiger partial charge in [-0.3, -0.25) is 4.79 Å². The van der Waals surface area contributed by atoms with E-state index in [-0.39, 0.29) is 25.2 Å². The molecular weight excluding hydrogens is 397 g/mol. The van der Waals surface area contributed by atoms with Crippen molar-refractivity contribution in [3.63, 3.8) is 0 Å². The van der Waals surface area contributed by atoms with Crippen LogP contribution >= 0.6 is 0 Å². The molecule has 2 heterocycles. The van der Waals surface area contributed by atoms with Gasteiger partial charge in [0.1, 0.15) is 5.60 Å². The Balaban J connectivity index is 1.36. The number of hydrogen-bond acceptors (Lipinski definition) is 4. The predicted molar refractivity (Wildman–Crippen MR) is 105 cm³/mol. The number of anilines is 1. The summed E-state index contributed by atoms with van der Waals surface area (Å²) in [5, 5.41) is 13.6. The Morgan fingerprint density at radius 1 is 1.10 bits per heavy atom. The van der Waals surface area contributed by atoms with Crippen molar-refractivity contribution < 1.29 is 27.8 Å². The molecule has 2 aliphatic rings. The van der Waals surface area contributed by atoms with Gasteiger partial charge in [0, 0.05) is 30.4 Å². The van der Waals surface area contributed by atoms with Crippen LogP contribution in [0.3, 0.4) is 0 Å². The summed E-state index contributed by atoms with van der Waals surface area (Å²) in [5.41, 5.74) is -0.104. The summed E-state index contributed by atoms with van der Waals surface area (Å²) in [7, 11) is 0. The van der Waals surface area contributed by atoms with Crippen molar-refractivity contribution in [3.05, 3.63) is 65.2 Å². The predicted octanol–water partition coefficient (Wildman–Crippen LogP) is 3.64. The smallest absolute Gasteiger partial charge is 0.382 e. The van der Waals surface area contributed by atoms with Crippen LogP contribution in [-0.4, -0.2) is 48.3 Å². The molecule has 0 atom stereocenters. The minimum Gasteiger partial charge on any atom is -0.382 e. The van der Waals surface area contributed by atoms with E-state index >= 15 is 0 Å². The highest BCUT2D eigenvalue weighted by Crippen LogP contribution is 2.32. The third-order valence-corrected chi connectivity index (χ3v) is 5.67. The number of hydrogen-bond donors (Lipinski definition) is 2. The summed E-state index contributed by atoms with van der Waals surface area (Å²) < 4.78 is 43.7. The van der Waals surface area contributed by atoms with E-state index in [1.54, 1.807) is 35.2 Å². The fourth-order valence-electron chi connectivity index (χ4n) is 3.83. The highest BCUT2D eigenvalue weighted by atomic mass is 19.4. The molecule has 2 saturated heterocycles. The highest BCUT2D eigenvalue weighted by molar-refractivity contribution is 5.94. The molecule has 5 nitrogen and oxygen atoms in total. The highest BCUT2D eigenvalue weighted by Gasteiger charge is 2.38. The quantitative estimate of drug-likeness (QED) is 0.793. The summed E-state index contributed by atoms with van der Waals surface area (Å²) in [4.78, 5) is 14.6. The molecule has 2 aromatic carbocycles. The van der Waals surface area contributed by atoms with Gasteiger partial charge in [0.25, 0.3) is 5.91 Å². The van der Waals surface area contributed by atoms with Gasteiger partial charge in [0.2, 0.25) is 0 Å². The first-order chi connectivity index (χ1) is 14.2. The molecule has 0 spiro atoms. The number of ether oxygens (including phenoxy) is 1. The molecule has 0 bridgehead atoms. The third kappa shape index (κ3) is 4.29. The average Bonchev–Trinajstić information content (AvgIpc) is 2.72. The number of benzene rings is 2. The molecule has 1 amide bonds. The molecular formula is C22H23F3N2O3. The first-order valence-electron chi connectivity index (χ1n) is 9.88. The van der Waals surface area contributed by atoms with E-state index in [0.717, 1.165) is 12.1 Å². The lowest BCUT2D eigenvalue weighted by molar-refractivity contribution is -0.184. The number of carbonyl (C=O) groups excluding carboxylic acids is 1. The molecule has 2 fully saturated rings. The Bertz CT molecular complexity index is 920. The van der Waals surface area contributed by atoms with Crippen molar-refractivity contribution in [1.82, 2.24) is 4.90 Å². The number of halogens is 3. The fourth-order valence-corrected chi connectivity index (χ4v) is 3.83. The van der Waals surface area contributed by atoms with Gasteiger partial charge in [0.15, 0.2) is 0 Å². The first-order valence-corrected chi connectivity index (χ1v) is 9.88. The minimum atomic E-state index is -4.37. The van der Waals surface area contributed by atoms with Crippen molar-refractivity contribution in [2.75, 3.05) is 31.6 Å². The molecule has 0 saturated carbocycles. The Morgan fingerprint density at radius 3 is 2.43 bits per heavy atom. The summed E-state index contributed by atoms with van der Waals surface area (Å²) >= 11 is 0. The summed E-state index contributed by atoms with van der Waals surface area (Å²) in [6.07, 6.45) is -3.10. The average molecular weight is 420 g/mol. The van der Waals surface area contributed by atoms with Crippen molar-refractivity contribution >= 4 is 11.6 Å².